The van der Waals surface area contributed by atoms with Crippen molar-refractivity contribution in [2.24, 2.45) is 17.1 Å². The van der Waals surface area contributed by atoms with Crippen LogP contribution in [0.2, 0.25) is 0 Å². The highest BCUT2D eigenvalue weighted by molar-refractivity contribution is 4.96. The molecule has 0 aromatic heterocycles. The van der Waals surface area contributed by atoms with E-state index < -0.39 is 67.4 Å². The van der Waals surface area contributed by atoms with Crippen LogP contribution in [0.1, 0.15) is 48.0 Å². The van der Waals surface area contributed by atoms with E-state index in [0.717, 1.165) is 0 Å². The van der Waals surface area contributed by atoms with Crippen molar-refractivity contribution in [2.45, 2.75) is 109 Å². The summed E-state index contributed by atoms with van der Waals surface area (Å²) >= 11 is 0. The van der Waals surface area contributed by atoms with Gasteiger partial charge in [-0.15, -0.1) is 0 Å². The molecular formula is C21H43N2O8+. The highest BCUT2D eigenvalue weighted by Gasteiger charge is 2.52. The molecule has 10 atom stereocenters. The van der Waals surface area contributed by atoms with Gasteiger partial charge in [0.15, 0.2) is 12.3 Å². The number of hydrogen-bond acceptors (Lipinski definition) is 9. The third kappa shape index (κ3) is 6.80. The van der Waals surface area contributed by atoms with Gasteiger partial charge in [0, 0.05) is 5.92 Å². The summed E-state index contributed by atoms with van der Waals surface area (Å²) < 4.78 is 23.5. The van der Waals surface area contributed by atoms with Gasteiger partial charge in [0.25, 0.3) is 0 Å². The van der Waals surface area contributed by atoms with E-state index >= 15 is 0 Å². The van der Waals surface area contributed by atoms with Gasteiger partial charge in [-0.25, -0.2) is 0 Å². The molecule has 0 amide bonds. The molecule has 2 rings (SSSR count). The normalized spacial score (nSPS) is 42.6. The minimum Gasteiger partial charge on any atom is -0.394 e. The lowest BCUT2D eigenvalue weighted by Gasteiger charge is -2.47. The number of aliphatic hydroxyl groups is 4. The second-order valence-electron chi connectivity index (χ2n) is 10.9. The first-order valence-corrected chi connectivity index (χ1v) is 11.0. The van der Waals surface area contributed by atoms with Gasteiger partial charge in [0.05, 0.1) is 31.0 Å². The summed E-state index contributed by atoms with van der Waals surface area (Å²) in [6.45, 7) is 10.9. The number of nitrogens with two attached hydrogens (primary N) is 1. The van der Waals surface area contributed by atoms with E-state index in [1.807, 2.05) is 41.5 Å². The molecule has 9 N–H and O–H groups in total. The van der Waals surface area contributed by atoms with Gasteiger partial charge in [-0.05, 0) is 32.6 Å². The summed E-state index contributed by atoms with van der Waals surface area (Å²) in [5.41, 5.74) is 9.50. The van der Waals surface area contributed by atoms with Crippen LogP contribution in [0, 0.1) is 11.3 Å². The third-order valence-corrected chi connectivity index (χ3v) is 5.70. The van der Waals surface area contributed by atoms with Crippen LogP contribution >= 0.6 is 0 Å². The van der Waals surface area contributed by atoms with Crippen LogP contribution in [0.15, 0.2) is 0 Å². The van der Waals surface area contributed by atoms with Gasteiger partial charge in [0.2, 0.25) is 6.29 Å². The number of ether oxygens (including phenoxy) is 4. The zero-order valence-corrected chi connectivity index (χ0v) is 19.6. The molecule has 0 aromatic rings. The first-order valence-electron chi connectivity index (χ1n) is 11.0. The van der Waals surface area contributed by atoms with Crippen molar-refractivity contribution in [2.75, 3.05) is 13.2 Å². The molecule has 4 unspecified atom stereocenters. The molecule has 0 saturated carbocycles. The Labute approximate surface area is 184 Å². The minimum atomic E-state index is -1.22. The molecule has 0 bridgehead atoms. The molecule has 184 valence electrons. The maximum absolute atomic E-state index is 10.9. The standard InChI is InChI=1S/C21H42N2O8/c1-20(2,3)7-10-11(8-24)28-18(13(22)15(10)26)30-17-12(9-25)29-19(14(23)16(17)27)31-21(4,5)6/h10-19,24-27H,7-9,22-23H2,1-6H3/p+1/t10-,11?,12?,13?,14?,15-,16+,17+,18-,19-/m0/s1. The molecule has 10 heteroatoms. The highest BCUT2D eigenvalue weighted by atomic mass is 16.7. The highest BCUT2D eigenvalue weighted by Crippen LogP contribution is 2.36. The zero-order valence-electron chi connectivity index (χ0n) is 19.6. The Morgan fingerprint density at radius 3 is 1.94 bits per heavy atom. The third-order valence-electron chi connectivity index (χ3n) is 5.70. The Morgan fingerprint density at radius 1 is 0.903 bits per heavy atom. The lowest BCUT2D eigenvalue weighted by Crippen LogP contribution is -2.78. The maximum Gasteiger partial charge on any atom is 0.213 e. The summed E-state index contributed by atoms with van der Waals surface area (Å²) in [6.07, 6.45) is -6.02. The summed E-state index contributed by atoms with van der Waals surface area (Å²) in [6, 6.07) is -1.60. The molecule has 0 aliphatic carbocycles. The summed E-state index contributed by atoms with van der Waals surface area (Å²) in [4.78, 5) is 0. The molecule has 2 heterocycles. The number of hydrogen-bond donors (Lipinski definition) is 6. The van der Waals surface area contributed by atoms with Crippen LogP contribution in [0.3, 0.4) is 0 Å². The number of quaternary nitrogens is 1. The first kappa shape index (κ1) is 26.8. The Hall–Kier alpha value is -0.400. The van der Waals surface area contributed by atoms with Crippen molar-refractivity contribution in [3.8, 4) is 0 Å². The maximum atomic E-state index is 10.9. The fourth-order valence-electron chi connectivity index (χ4n) is 4.21. The topological polar surface area (TPSA) is 172 Å². The molecule has 31 heavy (non-hydrogen) atoms. The molecule has 2 aliphatic heterocycles. The lowest BCUT2D eigenvalue weighted by atomic mass is 9.76. The quantitative estimate of drug-likeness (QED) is 0.276. The monoisotopic (exact) mass is 451 g/mol. The van der Waals surface area contributed by atoms with E-state index in [1.54, 1.807) is 0 Å². The van der Waals surface area contributed by atoms with Gasteiger partial charge >= 0.3 is 0 Å². The summed E-state index contributed by atoms with van der Waals surface area (Å²) in [5, 5.41) is 41.4. The van der Waals surface area contributed by atoms with Crippen LogP contribution < -0.4 is 11.5 Å². The SMILES string of the molecule is CC(C)(C)C[C@H]1C(CO)O[C@@H](O[C@@H]2C(CO)O[C@@H](OC(C)(C)C)C(N)[C@H]2O)C([NH3+])[C@H]1O. The predicted octanol–water partition coefficient (Wildman–Crippen LogP) is -1.67. The molecule has 2 saturated heterocycles. The lowest BCUT2D eigenvalue weighted by molar-refractivity contribution is -0.506. The Balaban J connectivity index is 2.15. The van der Waals surface area contributed by atoms with E-state index in [-0.39, 0.29) is 17.9 Å². The molecule has 2 fully saturated rings. The average Bonchev–Trinajstić information content (AvgIpc) is 2.64. The van der Waals surface area contributed by atoms with Gasteiger partial charge in [-0.1, -0.05) is 20.8 Å². The molecule has 0 aromatic carbocycles. The Bertz CT molecular complexity index is 563. The van der Waals surface area contributed by atoms with Gasteiger partial charge in [-0.2, -0.15) is 0 Å². The zero-order chi connectivity index (χ0) is 23.7. The second-order valence-corrected chi connectivity index (χ2v) is 10.9. The molecule has 0 radical (unpaired) electrons. The summed E-state index contributed by atoms with van der Waals surface area (Å²) in [7, 11) is 0. The van der Waals surface area contributed by atoms with E-state index in [2.05, 4.69) is 5.73 Å². The summed E-state index contributed by atoms with van der Waals surface area (Å²) in [5.74, 6) is -0.319. The van der Waals surface area contributed by atoms with E-state index in [0.29, 0.717) is 6.42 Å². The molecule has 0 spiro atoms. The van der Waals surface area contributed by atoms with Crippen LogP contribution in [0.4, 0.5) is 0 Å². The predicted molar refractivity (Wildman–Crippen MR) is 111 cm³/mol. The first-order chi connectivity index (χ1) is 14.2. The van der Waals surface area contributed by atoms with Crippen molar-refractivity contribution in [3.63, 3.8) is 0 Å². The number of rotatable bonds is 6. The van der Waals surface area contributed by atoms with Crippen LogP contribution in [0.25, 0.3) is 0 Å². The van der Waals surface area contributed by atoms with Crippen molar-refractivity contribution in [1.82, 2.24) is 0 Å². The van der Waals surface area contributed by atoms with Crippen LogP contribution in [-0.2, 0) is 18.9 Å². The van der Waals surface area contributed by atoms with Gasteiger partial charge < -0.3 is 50.8 Å². The largest absolute Gasteiger partial charge is 0.394 e. The van der Waals surface area contributed by atoms with E-state index in [1.165, 1.54) is 0 Å². The Morgan fingerprint density at radius 2 is 1.45 bits per heavy atom. The van der Waals surface area contributed by atoms with Crippen molar-refractivity contribution >= 4 is 0 Å². The van der Waals surface area contributed by atoms with E-state index in [9.17, 15) is 20.4 Å². The smallest absolute Gasteiger partial charge is 0.213 e. The van der Waals surface area contributed by atoms with Crippen molar-refractivity contribution in [3.05, 3.63) is 0 Å². The van der Waals surface area contributed by atoms with Crippen LogP contribution in [-0.4, -0.2) is 94.4 Å². The Kier molecular flexibility index (Phi) is 8.88. The minimum absolute atomic E-state index is 0.0833. The number of aliphatic hydroxyl groups excluding tert-OH is 4. The molecular weight excluding hydrogens is 408 g/mol. The average molecular weight is 452 g/mol. The van der Waals surface area contributed by atoms with Crippen molar-refractivity contribution in [1.29, 1.82) is 0 Å². The molecule has 10 nitrogen and oxygen atoms in total. The van der Waals surface area contributed by atoms with Gasteiger partial charge in [0.1, 0.15) is 24.4 Å². The van der Waals surface area contributed by atoms with Crippen LogP contribution in [0.5, 0.6) is 0 Å². The second kappa shape index (κ2) is 10.3. The fourth-order valence-corrected chi connectivity index (χ4v) is 4.21. The van der Waals surface area contributed by atoms with Crippen molar-refractivity contribution < 1.29 is 45.1 Å². The van der Waals surface area contributed by atoms with E-state index in [4.69, 9.17) is 24.7 Å². The van der Waals surface area contributed by atoms with Gasteiger partial charge in [-0.3, -0.25) is 0 Å². The fraction of sp³-hybridized carbons (Fsp3) is 1.00. The molecule has 2 aliphatic rings.